The minimum absolute atomic E-state index is 0.389. The molecule has 0 atom stereocenters. The van der Waals surface area contributed by atoms with Crippen molar-refractivity contribution in [3.63, 3.8) is 0 Å². The number of nitrogens with one attached hydrogen (secondary N) is 1. The van der Waals surface area contributed by atoms with E-state index in [1.807, 2.05) is 18.2 Å². The molecule has 0 fully saturated rings. The molecule has 4 rings (SSSR count). The lowest BCUT2D eigenvalue weighted by Gasteiger charge is -2.04. The van der Waals surface area contributed by atoms with Crippen molar-refractivity contribution in [1.82, 2.24) is 25.1 Å². The number of aromatic nitrogens is 5. The molecule has 8 heteroatoms. The first-order valence-electron chi connectivity index (χ1n) is 7.41. The van der Waals surface area contributed by atoms with Crippen molar-refractivity contribution >= 4 is 27.4 Å². The van der Waals surface area contributed by atoms with Crippen molar-refractivity contribution in [3.8, 4) is 11.5 Å². The Morgan fingerprint density at radius 1 is 1.17 bits per heavy atom. The number of aryl methyl sites for hydroxylation is 2. The maximum absolute atomic E-state index is 5.28. The minimum atomic E-state index is 0.389. The van der Waals surface area contributed by atoms with Gasteiger partial charge in [0.1, 0.15) is 22.7 Å². The van der Waals surface area contributed by atoms with E-state index in [0.29, 0.717) is 24.0 Å². The minimum Gasteiger partial charge on any atom is -0.360 e. The van der Waals surface area contributed by atoms with Crippen LogP contribution in [0.4, 0.5) is 5.82 Å². The molecule has 4 aromatic heterocycles. The van der Waals surface area contributed by atoms with Crippen LogP contribution in [0.3, 0.4) is 0 Å². The molecule has 0 amide bonds. The maximum Gasteiger partial charge on any atom is 0.246 e. The summed E-state index contributed by atoms with van der Waals surface area (Å²) in [5.74, 6) is 1.73. The molecule has 0 aliphatic heterocycles. The average Bonchev–Trinajstić information content (AvgIpc) is 3.19. The number of nitrogens with zero attached hydrogens (tertiary/aromatic N) is 5. The number of pyridine rings is 1. The predicted octanol–water partition coefficient (Wildman–Crippen LogP) is 3.37. The molecule has 0 saturated heterocycles. The predicted molar refractivity (Wildman–Crippen MR) is 91.7 cm³/mol. The van der Waals surface area contributed by atoms with E-state index in [2.05, 4.69) is 44.3 Å². The fourth-order valence-corrected chi connectivity index (χ4v) is 3.40. The van der Waals surface area contributed by atoms with Crippen LogP contribution in [-0.4, -0.2) is 25.1 Å². The van der Waals surface area contributed by atoms with Crippen LogP contribution in [0.15, 0.2) is 35.2 Å². The average molecular weight is 338 g/mol. The number of hydrogen-bond acceptors (Lipinski definition) is 8. The molecule has 120 valence electrons. The topological polar surface area (TPSA) is 89.6 Å². The van der Waals surface area contributed by atoms with E-state index in [-0.39, 0.29) is 0 Å². The molecule has 1 N–H and O–H groups in total. The Balaban J connectivity index is 1.57. The Kier molecular flexibility index (Phi) is 3.66. The summed E-state index contributed by atoms with van der Waals surface area (Å²) in [6, 6.07) is 5.57. The molecule has 24 heavy (non-hydrogen) atoms. The van der Waals surface area contributed by atoms with E-state index in [1.54, 1.807) is 23.9 Å². The van der Waals surface area contributed by atoms with Crippen LogP contribution in [0.25, 0.3) is 21.7 Å². The second-order valence-corrected chi connectivity index (χ2v) is 6.47. The summed E-state index contributed by atoms with van der Waals surface area (Å²) in [6.07, 6.45) is 3.26. The highest BCUT2D eigenvalue weighted by atomic mass is 32.1. The summed E-state index contributed by atoms with van der Waals surface area (Å²) in [5, 5.41) is 8.27. The van der Waals surface area contributed by atoms with Gasteiger partial charge in [0.15, 0.2) is 0 Å². The summed E-state index contributed by atoms with van der Waals surface area (Å²) >= 11 is 1.67. The molecule has 0 bridgehead atoms. The van der Waals surface area contributed by atoms with Crippen LogP contribution in [0.1, 0.15) is 16.3 Å². The monoisotopic (exact) mass is 338 g/mol. The molecule has 0 saturated carbocycles. The largest absolute Gasteiger partial charge is 0.360 e. The molecule has 0 unspecified atom stereocenters. The molecule has 0 aromatic carbocycles. The van der Waals surface area contributed by atoms with E-state index in [1.165, 1.54) is 10.4 Å². The molecule has 7 nitrogen and oxygen atoms in total. The highest BCUT2D eigenvalue weighted by Gasteiger charge is 2.13. The van der Waals surface area contributed by atoms with E-state index in [9.17, 15) is 0 Å². The third kappa shape index (κ3) is 2.61. The molecule has 0 aliphatic rings. The molecule has 0 radical (unpaired) electrons. The highest BCUT2D eigenvalue weighted by molar-refractivity contribution is 7.18. The van der Waals surface area contributed by atoms with Gasteiger partial charge >= 0.3 is 0 Å². The second-order valence-electron chi connectivity index (χ2n) is 5.27. The summed E-state index contributed by atoms with van der Waals surface area (Å²) in [5.41, 5.74) is 1.87. The standard InChI is InChI=1S/C16H14N6OS/c1-9-10(2)24-16-13(9)15(19-8-20-16)18-7-12-21-14(22-23-12)11-5-3-4-6-17-11/h3-6,8H,7H2,1-2H3,(H,18,19,20). The first kappa shape index (κ1) is 14.7. The summed E-state index contributed by atoms with van der Waals surface area (Å²) in [7, 11) is 0. The lowest BCUT2D eigenvalue weighted by molar-refractivity contribution is 0.384. The zero-order chi connectivity index (χ0) is 16.5. The van der Waals surface area contributed by atoms with Gasteiger partial charge in [-0.3, -0.25) is 4.98 Å². The Bertz CT molecular complexity index is 994. The van der Waals surface area contributed by atoms with E-state index in [4.69, 9.17) is 4.52 Å². The molecular weight excluding hydrogens is 324 g/mol. The summed E-state index contributed by atoms with van der Waals surface area (Å²) in [4.78, 5) is 19.5. The number of thiophene rings is 1. The Morgan fingerprint density at radius 3 is 2.92 bits per heavy atom. The van der Waals surface area contributed by atoms with Crippen LogP contribution in [0.5, 0.6) is 0 Å². The lowest BCUT2D eigenvalue weighted by Crippen LogP contribution is -2.02. The fourth-order valence-electron chi connectivity index (χ4n) is 2.40. The third-order valence-corrected chi connectivity index (χ3v) is 4.85. The van der Waals surface area contributed by atoms with Crippen molar-refractivity contribution in [2.45, 2.75) is 20.4 Å². The van der Waals surface area contributed by atoms with Crippen LogP contribution < -0.4 is 5.32 Å². The summed E-state index contributed by atoms with van der Waals surface area (Å²) < 4.78 is 5.28. The van der Waals surface area contributed by atoms with Crippen LogP contribution >= 0.6 is 11.3 Å². The Morgan fingerprint density at radius 2 is 2.08 bits per heavy atom. The van der Waals surface area contributed by atoms with Gasteiger partial charge in [-0.2, -0.15) is 4.98 Å². The fraction of sp³-hybridized carbons (Fsp3) is 0.188. The quantitative estimate of drug-likeness (QED) is 0.610. The number of fused-ring (bicyclic) bond motifs is 1. The smallest absolute Gasteiger partial charge is 0.246 e. The van der Waals surface area contributed by atoms with Crippen molar-refractivity contribution in [3.05, 3.63) is 47.1 Å². The second kappa shape index (κ2) is 5.97. The van der Waals surface area contributed by atoms with E-state index >= 15 is 0 Å². The van der Waals surface area contributed by atoms with Crippen LogP contribution in [0, 0.1) is 13.8 Å². The SMILES string of the molecule is Cc1sc2ncnc(NCc3nc(-c4ccccn4)no3)c2c1C. The van der Waals surface area contributed by atoms with Gasteiger partial charge in [-0.1, -0.05) is 11.2 Å². The highest BCUT2D eigenvalue weighted by Crippen LogP contribution is 2.32. The van der Waals surface area contributed by atoms with Gasteiger partial charge in [0.25, 0.3) is 0 Å². The Hall–Kier alpha value is -2.87. The van der Waals surface area contributed by atoms with Gasteiger partial charge in [-0.25, -0.2) is 9.97 Å². The first-order chi connectivity index (χ1) is 11.7. The zero-order valence-electron chi connectivity index (χ0n) is 13.1. The van der Waals surface area contributed by atoms with Gasteiger partial charge in [0, 0.05) is 11.1 Å². The van der Waals surface area contributed by atoms with Gasteiger partial charge < -0.3 is 9.84 Å². The Labute approximate surface area is 141 Å². The lowest BCUT2D eigenvalue weighted by atomic mass is 10.2. The van der Waals surface area contributed by atoms with Crippen molar-refractivity contribution in [2.24, 2.45) is 0 Å². The van der Waals surface area contributed by atoms with Crippen LogP contribution in [0.2, 0.25) is 0 Å². The number of hydrogen-bond donors (Lipinski definition) is 1. The molecule has 0 aliphatic carbocycles. The van der Waals surface area contributed by atoms with Crippen molar-refractivity contribution in [2.75, 3.05) is 5.32 Å². The molecule has 4 heterocycles. The molecular formula is C16H14N6OS. The first-order valence-corrected chi connectivity index (χ1v) is 8.22. The van der Waals surface area contributed by atoms with E-state index in [0.717, 1.165) is 16.0 Å². The molecule has 4 aromatic rings. The van der Waals surface area contributed by atoms with E-state index < -0.39 is 0 Å². The van der Waals surface area contributed by atoms with Gasteiger partial charge in [0.05, 0.1) is 11.9 Å². The maximum atomic E-state index is 5.28. The third-order valence-electron chi connectivity index (χ3n) is 3.73. The van der Waals surface area contributed by atoms with Gasteiger partial charge in [-0.05, 0) is 31.5 Å². The summed E-state index contributed by atoms with van der Waals surface area (Å²) in [6.45, 7) is 4.55. The molecule has 0 spiro atoms. The van der Waals surface area contributed by atoms with Gasteiger partial charge in [0.2, 0.25) is 11.7 Å². The van der Waals surface area contributed by atoms with Gasteiger partial charge in [-0.15, -0.1) is 11.3 Å². The van der Waals surface area contributed by atoms with Crippen LogP contribution in [-0.2, 0) is 6.54 Å². The van der Waals surface area contributed by atoms with Crippen molar-refractivity contribution in [1.29, 1.82) is 0 Å². The number of rotatable bonds is 4. The normalized spacial score (nSPS) is 11.1. The van der Waals surface area contributed by atoms with Crippen molar-refractivity contribution < 1.29 is 4.52 Å². The zero-order valence-corrected chi connectivity index (χ0v) is 14.0. The number of anilines is 1.